The molecule has 0 saturated carbocycles. The van der Waals surface area contributed by atoms with E-state index in [2.05, 4.69) is 12.6 Å². The number of nitrogens with zero attached hydrogens (tertiary/aromatic N) is 1. The highest BCUT2D eigenvalue weighted by Crippen LogP contribution is 2.34. The fourth-order valence-corrected chi connectivity index (χ4v) is 4.25. The van der Waals surface area contributed by atoms with Crippen LogP contribution >= 0.6 is 24.0 Å². The molecule has 1 amide bonds. The maximum absolute atomic E-state index is 12.5. The second-order valence-electron chi connectivity index (χ2n) is 6.64. The van der Waals surface area contributed by atoms with E-state index in [1.165, 1.54) is 22.9 Å². The number of para-hydroxylation sites is 1. The van der Waals surface area contributed by atoms with Crippen molar-refractivity contribution in [1.82, 2.24) is 4.90 Å². The second-order valence-corrected chi connectivity index (χ2v) is 8.31. The van der Waals surface area contributed by atoms with Crippen molar-refractivity contribution in [1.29, 1.82) is 0 Å². The molecule has 6 heteroatoms. The van der Waals surface area contributed by atoms with Crippen molar-refractivity contribution in [3.05, 3.63) is 76.7 Å². The van der Waals surface area contributed by atoms with Gasteiger partial charge in [-0.3, -0.25) is 9.69 Å². The number of carbonyl (C=O) groups is 1. The number of thioether (sulfide) groups is 1. The van der Waals surface area contributed by atoms with Crippen molar-refractivity contribution in [2.45, 2.75) is 13.8 Å². The molecule has 1 saturated heterocycles. The number of thiocarbonyl (C=S) groups is 1. The lowest BCUT2D eigenvalue weighted by Gasteiger charge is -2.12. The molecule has 2 aromatic carbocycles. The average Bonchev–Trinajstić information content (AvgIpc) is 2.93. The van der Waals surface area contributed by atoms with Gasteiger partial charge in [0.05, 0.1) is 4.91 Å². The van der Waals surface area contributed by atoms with Crippen LogP contribution in [0.25, 0.3) is 6.08 Å². The number of carbonyl (C=O) groups excluding carboxylic acids is 1. The molecule has 3 rings (SSSR count). The highest BCUT2D eigenvalue weighted by molar-refractivity contribution is 8.26. The molecule has 0 atom stereocenters. The van der Waals surface area contributed by atoms with Gasteiger partial charge in [-0.1, -0.05) is 54.3 Å². The summed E-state index contributed by atoms with van der Waals surface area (Å²) in [4.78, 5) is 14.7. The minimum atomic E-state index is -0.104. The minimum Gasteiger partial charge on any atom is -0.490 e. The van der Waals surface area contributed by atoms with Gasteiger partial charge in [-0.2, -0.15) is 0 Å². The zero-order valence-corrected chi connectivity index (χ0v) is 18.1. The summed E-state index contributed by atoms with van der Waals surface area (Å²) in [6.45, 7) is 9.01. The number of hydrogen-bond acceptors (Lipinski definition) is 5. The topological polar surface area (TPSA) is 38.8 Å². The second kappa shape index (κ2) is 9.76. The first-order valence-corrected chi connectivity index (χ1v) is 10.5. The Hall–Kier alpha value is -2.57. The van der Waals surface area contributed by atoms with Crippen LogP contribution in [0.3, 0.4) is 0 Å². The van der Waals surface area contributed by atoms with Crippen LogP contribution < -0.4 is 9.47 Å². The highest BCUT2D eigenvalue weighted by atomic mass is 32.2. The Morgan fingerprint density at radius 3 is 2.52 bits per heavy atom. The SMILES string of the molecule is C=CCN1C(=O)/C(=C/c2ccccc2OCCOc2cc(C)cc(C)c2)SC1=S. The van der Waals surface area contributed by atoms with E-state index in [4.69, 9.17) is 21.7 Å². The van der Waals surface area contributed by atoms with E-state index in [-0.39, 0.29) is 5.91 Å². The Labute approximate surface area is 181 Å². The number of amides is 1. The van der Waals surface area contributed by atoms with Gasteiger partial charge in [0.2, 0.25) is 0 Å². The molecule has 0 aromatic heterocycles. The van der Waals surface area contributed by atoms with Gasteiger partial charge in [-0.25, -0.2) is 0 Å². The first kappa shape index (κ1) is 21.1. The lowest BCUT2D eigenvalue weighted by atomic mass is 10.1. The number of ether oxygens (including phenoxy) is 2. The summed E-state index contributed by atoms with van der Waals surface area (Å²) >= 11 is 6.59. The molecule has 0 spiro atoms. The van der Waals surface area contributed by atoms with Crippen LogP contribution in [-0.4, -0.2) is 34.9 Å². The van der Waals surface area contributed by atoms with E-state index in [1.54, 1.807) is 11.0 Å². The maximum Gasteiger partial charge on any atom is 0.266 e. The molecule has 1 heterocycles. The van der Waals surface area contributed by atoms with E-state index in [1.807, 2.05) is 56.3 Å². The molecule has 0 radical (unpaired) electrons. The highest BCUT2D eigenvalue weighted by Gasteiger charge is 2.31. The first-order chi connectivity index (χ1) is 14.0. The molecule has 0 N–H and O–H groups in total. The first-order valence-electron chi connectivity index (χ1n) is 9.27. The van der Waals surface area contributed by atoms with Crippen molar-refractivity contribution in [2.24, 2.45) is 0 Å². The third kappa shape index (κ3) is 5.49. The van der Waals surface area contributed by atoms with Gasteiger partial charge in [0.15, 0.2) is 0 Å². The third-order valence-electron chi connectivity index (χ3n) is 4.20. The quantitative estimate of drug-likeness (QED) is 0.253. The van der Waals surface area contributed by atoms with Gasteiger partial charge in [-0.15, -0.1) is 6.58 Å². The van der Waals surface area contributed by atoms with E-state index in [0.717, 1.165) is 11.3 Å². The summed E-state index contributed by atoms with van der Waals surface area (Å²) in [6.07, 6.45) is 3.49. The van der Waals surface area contributed by atoms with Crippen LogP contribution in [0.4, 0.5) is 0 Å². The fourth-order valence-electron chi connectivity index (χ4n) is 2.99. The predicted octanol–water partition coefficient (Wildman–Crippen LogP) is 5.15. The van der Waals surface area contributed by atoms with Gasteiger partial charge < -0.3 is 9.47 Å². The lowest BCUT2D eigenvalue weighted by Crippen LogP contribution is -2.27. The number of aryl methyl sites for hydroxylation is 2. The molecule has 1 aliphatic rings. The number of rotatable bonds is 8. The van der Waals surface area contributed by atoms with Crippen molar-refractivity contribution >= 4 is 40.3 Å². The molecule has 4 nitrogen and oxygen atoms in total. The van der Waals surface area contributed by atoms with Gasteiger partial charge in [0.25, 0.3) is 5.91 Å². The molecule has 0 bridgehead atoms. The van der Waals surface area contributed by atoms with Gasteiger partial charge in [0, 0.05) is 12.1 Å². The van der Waals surface area contributed by atoms with Gasteiger partial charge in [0.1, 0.15) is 29.0 Å². The lowest BCUT2D eigenvalue weighted by molar-refractivity contribution is -0.121. The summed E-state index contributed by atoms with van der Waals surface area (Å²) in [5.74, 6) is 1.43. The largest absolute Gasteiger partial charge is 0.490 e. The standard InChI is InChI=1S/C23H23NO3S2/c1-4-9-24-22(25)21(29-23(24)28)15-18-7-5-6-8-20(18)27-11-10-26-19-13-16(2)12-17(3)14-19/h4-8,12-15H,1,9-11H2,2-3H3/b21-15-. The third-order valence-corrected chi connectivity index (χ3v) is 5.57. The molecule has 1 aliphatic heterocycles. The minimum absolute atomic E-state index is 0.104. The van der Waals surface area contributed by atoms with Crippen LogP contribution in [0.15, 0.2) is 60.0 Å². The number of hydrogen-bond donors (Lipinski definition) is 0. The Morgan fingerprint density at radius 1 is 1.10 bits per heavy atom. The molecular formula is C23H23NO3S2. The van der Waals surface area contributed by atoms with Crippen LogP contribution in [0, 0.1) is 13.8 Å². The summed E-state index contributed by atoms with van der Waals surface area (Å²) in [7, 11) is 0. The normalized spacial score (nSPS) is 15.1. The average molecular weight is 426 g/mol. The monoisotopic (exact) mass is 425 g/mol. The van der Waals surface area contributed by atoms with E-state index in [0.29, 0.717) is 34.7 Å². The molecule has 29 heavy (non-hydrogen) atoms. The van der Waals surface area contributed by atoms with E-state index in [9.17, 15) is 4.79 Å². The molecular weight excluding hydrogens is 402 g/mol. The molecule has 0 unspecified atom stereocenters. The molecule has 0 aliphatic carbocycles. The number of benzene rings is 2. The van der Waals surface area contributed by atoms with Gasteiger partial charge in [-0.05, 0) is 49.2 Å². The van der Waals surface area contributed by atoms with Crippen molar-refractivity contribution in [3.8, 4) is 11.5 Å². The Morgan fingerprint density at radius 2 is 1.79 bits per heavy atom. The molecule has 1 fully saturated rings. The summed E-state index contributed by atoms with van der Waals surface area (Å²) < 4.78 is 12.3. The zero-order chi connectivity index (χ0) is 20.8. The molecule has 150 valence electrons. The predicted molar refractivity (Wildman–Crippen MR) is 123 cm³/mol. The summed E-state index contributed by atoms with van der Waals surface area (Å²) in [5, 5.41) is 0. The fraction of sp³-hybridized carbons (Fsp3) is 0.217. The smallest absolute Gasteiger partial charge is 0.266 e. The van der Waals surface area contributed by atoms with Crippen LogP contribution in [0.5, 0.6) is 11.5 Å². The summed E-state index contributed by atoms with van der Waals surface area (Å²) in [6, 6.07) is 13.7. The van der Waals surface area contributed by atoms with Crippen LogP contribution in [0.2, 0.25) is 0 Å². The Kier molecular flexibility index (Phi) is 7.12. The van der Waals surface area contributed by atoms with Crippen molar-refractivity contribution in [3.63, 3.8) is 0 Å². The van der Waals surface area contributed by atoms with Crippen LogP contribution in [-0.2, 0) is 4.79 Å². The Bertz CT molecular complexity index is 948. The zero-order valence-electron chi connectivity index (χ0n) is 16.5. The van der Waals surface area contributed by atoms with Crippen molar-refractivity contribution < 1.29 is 14.3 Å². The summed E-state index contributed by atoms with van der Waals surface area (Å²) in [5.41, 5.74) is 3.16. The van der Waals surface area contributed by atoms with Crippen LogP contribution in [0.1, 0.15) is 16.7 Å². The molecule has 2 aromatic rings. The maximum atomic E-state index is 12.5. The van der Waals surface area contributed by atoms with Gasteiger partial charge >= 0.3 is 0 Å². The Balaban J connectivity index is 1.64. The van der Waals surface area contributed by atoms with Crippen molar-refractivity contribution in [2.75, 3.05) is 19.8 Å². The van der Waals surface area contributed by atoms with E-state index >= 15 is 0 Å². The van der Waals surface area contributed by atoms with E-state index < -0.39 is 0 Å².